The summed E-state index contributed by atoms with van der Waals surface area (Å²) in [6, 6.07) is 16.5. The van der Waals surface area contributed by atoms with E-state index >= 15 is 0 Å². The summed E-state index contributed by atoms with van der Waals surface area (Å²) in [5.41, 5.74) is 2.96. The molecule has 0 spiro atoms. The van der Waals surface area contributed by atoms with Crippen LogP contribution in [-0.4, -0.2) is 56.1 Å². The number of hydrogen-bond acceptors (Lipinski definition) is 7. The summed E-state index contributed by atoms with van der Waals surface area (Å²) in [7, 11) is 0. The predicted octanol–water partition coefficient (Wildman–Crippen LogP) is 6.93. The van der Waals surface area contributed by atoms with Crippen LogP contribution < -0.4 is 15.5 Å². The summed E-state index contributed by atoms with van der Waals surface area (Å²) in [6.45, 7) is 7.01. The van der Waals surface area contributed by atoms with Gasteiger partial charge in [-0.2, -0.15) is 13.2 Å². The maximum absolute atomic E-state index is 13.3. The van der Waals surface area contributed by atoms with Gasteiger partial charge in [0.2, 0.25) is 5.91 Å². The van der Waals surface area contributed by atoms with Crippen molar-refractivity contribution < 1.29 is 41.8 Å². The second-order valence-corrected chi connectivity index (χ2v) is 11.9. The van der Waals surface area contributed by atoms with Gasteiger partial charge < -0.3 is 25.0 Å². The Balaban J connectivity index is 1.31. The van der Waals surface area contributed by atoms with Crippen LogP contribution in [0.1, 0.15) is 67.4 Å². The van der Waals surface area contributed by atoms with Gasteiger partial charge in [0.15, 0.2) is 0 Å². The zero-order valence-electron chi connectivity index (χ0n) is 27.9. The molecule has 0 aliphatic carbocycles. The third-order valence-corrected chi connectivity index (χ3v) is 8.45. The molecule has 1 fully saturated rings. The van der Waals surface area contributed by atoms with Crippen molar-refractivity contribution in [2.24, 2.45) is 5.92 Å². The summed E-state index contributed by atoms with van der Waals surface area (Å²) in [4.78, 5) is 52.5. The molecule has 1 saturated heterocycles. The van der Waals surface area contributed by atoms with Gasteiger partial charge in [0, 0.05) is 42.9 Å². The molecule has 262 valence electrons. The number of anilines is 2. The number of piperidine rings is 1. The highest BCUT2D eigenvalue weighted by molar-refractivity contribution is 6.09. The Bertz CT molecular complexity index is 1600. The lowest BCUT2D eigenvalue weighted by Gasteiger charge is -2.33. The number of hydrogen-bond donors (Lipinski definition) is 2. The maximum Gasteiger partial charge on any atom is 0.416 e. The first-order valence-corrected chi connectivity index (χ1v) is 16.4. The number of nitrogens with one attached hydrogen (secondary N) is 2. The van der Waals surface area contributed by atoms with Gasteiger partial charge in [-0.25, -0.2) is 4.79 Å². The van der Waals surface area contributed by atoms with Crippen LogP contribution in [0.5, 0.6) is 0 Å². The van der Waals surface area contributed by atoms with Gasteiger partial charge in [-0.05, 0) is 105 Å². The zero-order chi connectivity index (χ0) is 35.6. The van der Waals surface area contributed by atoms with E-state index in [9.17, 15) is 32.3 Å². The van der Waals surface area contributed by atoms with Gasteiger partial charge >= 0.3 is 18.1 Å². The summed E-state index contributed by atoms with van der Waals surface area (Å²) >= 11 is 0. The number of aryl methyl sites for hydroxylation is 1. The van der Waals surface area contributed by atoms with Crippen molar-refractivity contribution in [2.45, 2.75) is 65.1 Å². The topological polar surface area (TPSA) is 114 Å². The van der Waals surface area contributed by atoms with Gasteiger partial charge in [0.05, 0.1) is 18.8 Å². The third kappa shape index (κ3) is 10.3. The van der Waals surface area contributed by atoms with Crippen LogP contribution in [0.3, 0.4) is 0 Å². The van der Waals surface area contributed by atoms with Crippen LogP contribution in [0, 0.1) is 12.8 Å². The Morgan fingerprint density at radius 3 is 2.16 bits per heavy atom. The highest BCUT2D eigenvalue weighted by Crippen LogP contribution is 2.34. The standard InChI is InChI=1S/C37H42F3N3O6/c1-4-48-33(45)18-17-31(36(47)49-5-2)42-32(44)23-25-19-21-43(22-20-25)29-15-13-28(14-16-29)41-35(46)30-8-6-7-24(3)34(30)26-9-11-27(12-10-26)37(38,39)40/h6-16,25,31H,4-5,17-23H2,1-3H3,(H,41,46)(H,42,44)/t31-/m0/s1. The van der Waals surface area contributed by atoms with E-state index in [0.717, 1.165) is 36.2 Å². The molecule has 4 rings (SSSR count). The fourth-order valence-corrected chi connectivity index (χ4v) is 5.92. The molecule has 1 aliphatic heterocycles. The quantitative estimate of drug-likeness (QED) is 0.188. The monoisotopic (exact) mass is 681 g/mol. The van der Waals surface area contributed by atoms with Crippen molar-refractivity contribution in [3.63, 3.8) is 0 Å². The van der Waals surface area contributed by atoms with Crippen molar-refractivity contribution in [3.05, 3.63) is 83.4 Å². The van der Waals surface area contributed by atoms with Gasteiger partial charge in [-0.15, -0.1) is 0 Å². The van der Waals surface area contributed by atoms with Crippen molar-refractivity contribution >= 4 is 35.1 Å². The lowest BCUT2D eigenvalue weighted by Crippen LogP contribution is -2.43. The normalized spacial score (nSPS) is 14.1. The first-order chi connectivity index (χ1) is 23.4. The number of alkyl halides is 3. The molecule has 2 amide bonds. The SMILES string of the molecule is CCOC(=O)CC[C@H](NC(=O)CC1CCN(c2ccc(NC(=O)c3cccc(C)c3-c3ccc(C(F)(F)F)cc3)cc2)CC1)C(=O)OCC. The van der Waals surface area contributed by atoms with Crippen LogP contribution in [0.15, 0.2) is 66.7 Å². The Labute approximate surface area is 284 Å². The van der Waals surface area contributed by atoms with E-state index in [1.54, 1.807) is 38.1 Å². The summed E-state index contributed by atoms with van der Waals surface area (Å²) in [5, 5.41) is 5.64. The van der Waals surface area contributed by atoms with Crippen LogP contribution in [0.25, 0.3) is 11.1 Å². The number of amides is 2. The molecule has 2 N–H and O–H groups in total. The molecule has 3 aromatic rings. The number of carbonyl (C=O) groups excluding carboxylic acids is 4. The molecule has 1 heterocycles. The van der Waals surface area contributed by atoms with E-state index in [-0.39, 0.29) is 50.2 Å². The van der Waals surface area contributed by atoms with E-state index in [1.165, 1.54) is 12.1 Å². The Kier molecular flexibility index (Phi) is 12.8. The molecule has 0 radical (unpaired) electrons. The first kappa shape index (κ1) is 37.0. The van der Waals surface area contributed by atoms with E-state index in [0.29, 0.717) is 35.5 Å². The van der Waals surface area contributed by atoms with Crippen molar-refractivity contribution in [1.82, 2.24) is 5.32 Å². The number of esters is 2. The minimum Gasteiger partial charge on any atom is -0.466 e. The molecule has 1 atom stereocenters. The number of rotatable bonds is 13. The Morgan fingerprint density at radius 2 is 1.55 bits per heavy atom. The fraction of sp³-hybridized carbons (Fsp3) is 0.405. The average molecular weight is 682 g/mol. The minimum atomic E-state index is -4.45. The molecule has 1 aliphatic rings. The van der Waals surface area contributed by atoms with Gasteiger partial charge in [0.1, 0.15) is 6.04 Å². The van der Waals surface area contributed by atoms with Gasteiger partial charge in [0.25, 0.3) is 5.91 Å². The zero-order valence-corrected chi connectivity index (χ0v) is 27.9. The Morgan fingerprint density at radius 1 is 0.898 bits per heavy atom. The molecule has 0 bridgehead atoms. The summed E-state index contributed by atoms with van der Waals surface area (Å²) in [6.07, 6.45) is -2.58. The molecular formula is C37H42F3N3O6. The predicted molar refractivity (Wildman–Crippen MR) is 180 cm³/mol. The van der Waals surface area contributed by atoms with Crippen molar-refractivity contribution in [2.75, 3.05) is 36.5 Å². The van der Waals surface area contributed by atoms with Crippen molar-refractivity contribution in [1.29, 1.82) is 0 Å². The largest absolute Gasteiger partial charge is 0.466 e. The number of carbonyl (C=O) groups is 4. The van der Waals surface area contributed by atoms with E-state index in [4.69, 9.17) is 9.47 Å². The maximum atomic E-state index is 13.3. The number of nitrogens with zero attached hydrogens (tertiary/aromatic N) is 1. The molecule has 9 nitrogen and oxygen atoms in total. The fourth-order valence-electron chi connectivity index (χ4n) is 5.92. The number of benzene rings is 3. The molecule has 49 heavy (non-hydrogen) atoms. The molecule has 0 saturated carbocycles. The smallest absolute Gasteiger partial charge is 0.416 e. The van der Waals surface area contributed by atoms with Crippen LogP contribution in [0.4, 0.5) is 24.5 Å². The first-order valence-electron chi connectivity index (χ1n) is 16.4. The van der Waals surface area contributed by atoms with E-state index in [2.05, 4.69) is 15.5 Å². The third-order valence-electron chi connectivity index (χ3n) is 8.45. The molecular weight excluding hydrogens is 639 g/mol. The highest BCUT2D eigenvalue weighted by atomic mass is 19.4. The lowest BCUT2D eigenvalue weighted by molar-refractivity contribution is -0.149. The van der Waals surface area contributed by atoms with E-state index < -0.39 is 29.7 Å². The lowest BCUT2D eigenvalue weighted by atomic mass is 9.92. The van der Waals surface area contributed by atoms with Crippen molar-refractivity contribution in [3.8, 4) is 11.1 Å². The van der Waals surface area contributed by atoms with Crippen LogP contribution in [0.2, 0.25) is 0 Å². The van der Waals surface area contributed by atoms with Gasteiger partial charge in [-0.1, -0.05) is 24.3 Å². The van der Waals surface area contributed by atoms with Crippen LogP contribution in [-0.2, 0) is 30.0 Å². The number of halogens is 3. The second-order valence-electron chi connectivity index (χ2n) is 11.9. The minimum absolute atomic E-state index is 0.00580. The van der Waals surface area contributed by atoms with Gasteiger partial charge in [-0.3, -0.25) is 14.4 Å². The molecule has 12 heteroatoms. The second kappa shape index (κ2) is 17.0. The summed E-state index contributed by atoms with van der Waals surface area (Å²) in [5.74, 6) is -1.54. The summed E-state index contributed by atoms with van der Waals surface area (Å²) < 4.78 is 49.3. The Hall–Kier alpha value is -4.87. The van der Waals surface area contributed by atoms with Crippen LogP contribution >= 0.6 is 0 Å². The average Bonchev–Trinajstić information content (AvgIpc) is 3.07. The van der Waals surface area contributed by atoms with E-state index in [1.807, 2.05) is 25.1 Å². The molecule has 3 aromatic carbocycles. The highest BCUT2D eigenvalue weighted by Gasteiger charge is 2.30. The molecule has 0 unspecified atom stereocenters. The molecule has 0 aromatic heterocycles. The number of ether oxygens (including phenoxy) is 2.